The third-order valence-corrected chi connectivity index (χ3v) is 4.87. The third kappa shape index (κ3) is 4.28. The number of benzene rings is 3. The minimum atomic E-state index is -0.785. The fourth-order valence-electron chi connectivity index (χ4n) is 3.42. The molecule has 3 heteroatoms. The van der Waals surface area contributed by atoms with Crippen molar-refractivity contribution < 1.29 is 14.9 Å². The lowest BCUT2D eigenvalue weighted by molar-refractivity contribution is -0.0229. The molecule has 0 radical (unpaired) electrons. The molecule has 0 saturated heterocycles. The molecule has 0 spiro atoms. The van der Waals surface area contributed by atoms with Crippen molar-refractivity contribution in [3.05, 3.63) is 108 Å². The second-order valence-corrected chi connectivity index (χ2v) is 6.65. The Morgan fingerprint density at radius 2 is 1.07 bits per heavy atom. The highest BCUT2D eigenvalue weighted by Gasteiger charge is 2.37. The van der Waals surface area contributed by atoms with Crippen molar-refractivity contribution in [2.24, 2.45) is 5.92 Å². The number of aliphatic hydroxyl groups excluding tert-OH is 2. The molecule has 3 aromatic rings. The molecule has 3 aromatic carbocycles. The van der Waals surface area contributed by atoms with E-state index in [2.05, 4.69) is 36.4 Å². The highest BCUT2D eigenvalue weighted by molar-refractivity contribution is 5.47. The smallest absolute Gasteiger partial charge is 0.143 e. The Morgan fingerprint density at radius 3 is 1.41 bits per heavy atom. The van der Waals surface area contributed by atoms with Gasteiger partial charge in [-0.05, 0) is 23.1 Å². The lowest BCUT2D eigenvalue weighted by Crippen LogP contribution is -2.35. The van der Waals surface area contributed by atoms with E-state index < -0.39 is 5.60 Å². The molecule has 0 bridgehead atoms. The van der Waals surface area contributed by atoms with Gasteiger partial charge in [-0.25, -0.2) is 0 Å². The zero-order valence-corrected chi connectivity index (χ0v) is 15.4. The highest BCUT2D eigenvalue weighted by atomic mass is 16.5. The van der Waals surface area contributed by atoms with Gasteiger partial charge in [-0.15, -0.1) is 0 Å². The lowest BCUT2D eigenvalue weighted by atomic mass is 9.80. The van der Waals surface area contributed by atoms with Crippen molar-refractivity contribution in [2.75, 3.05) is 19.8 Å². The van der Waals surface area contributed by atoms with E-state index in [-0.39, 0.29) is 19.1 Å². The summed E-state index contributed by atoms with van der Waals surface area (Å²) in [4.78, 5) is 0. The molecule has 0 amide bonds. The molecule has 1 atom stereocenters. The van der Waals surface area contributed by atoms with E-state index in [9.17, 15) is 10.2 Å². The maximum atomic E-state index is 9.67. The van der Waals surface area contributed by atoms with Crippen molar-refractivity contribution in [3.63, 3.8) is 0 Å². The second kappa shape index (κ2) is 9.47. The van der Waals surface area contributed by atoms with Crippen molar-refractivity contribution in [2.45, 2.75) is 12.0 Å². The Kier molecular flexibility index (Phi) is 6.77. The normalized spacial score (nSPS) is 12.7. The molecule has 140 valence electrons. The zero-order valence-electron chi connectivity index (χ0n) is 15.4. The Hall–Kier alpha value is -2.46. The summed E-state index contributed by atoms with van der Waals surface area (Å²) in [6, 6.07) is 30.5. The van der Waals surface area contributed by atoms with Gasteiger partial charge in [-0.1, -0.05) is 91.0 Å². The van der Waals surface area contributed by atoms with Crippen LogP contribution in [-0.4, -0.2) is 30.0 Å². The monoisotopic (exact) mass is 362 g/mol. The van der Waals surface area contributed by atoms with Crippen molar-refractivity contribution in [1.29, 1.82) is 0 Å². The third-order valence-electron chi connectivity index (χ3n) is 4.87. The number of hydrogen-bond donors (Lipinski definition) is 2. The predicted molar refractivity (Wildman–Crippen MR) is 107 cm³/mol. The second-order valence-electron chi connectivity index (χ2n) is 6.65. The molecule has 0 aliphatic rings. The number of hydrogen-bond acceptors (Lipinski definition) is 3. The largest absolute Gasteiger partial charge is 0.396 e. The van der Waals surface area contributed by atoms with E-state index in [4.69, 9.17) is 4.74 Å². The van der Waals surface area contributed by atoms with Gasteiger partial charge in [0.2, 0.25) is 0 Å². The summed E-state index contributed by atoms with van der Waals surface area (Å²) in [6.07, 6.45) is 0.505. The molecule has 0 fully saturated rings. The van der Waals surface area contributed by atoms with Crippen molar-refractivity contribution in [1.82, 2.24) is 0 Å². The van der Waals surface area contributed by atoms with Crippen LogP contribution in [0, 0.1) is 5.92 Å². The quantitative estimate of drug-likeness (QED) is 0.566. The van der Waals surface area contributed by atoms with Crippen LogP contribution in [0.4, 0.5) is 0 Å². The van der Waals surface area contributed by atoms with E-state index in [1.165, 1.54) is 0 Å². The van der Waals surface area contributed by atoms with Gasteiger partial charge < -0.3 is 14.9 Å². The average Bonchev–Trinajstić information content (AvgIpc) is 2.75. The zero-order chi connectivity index (χ0) is 19.0. The molecular formula is C24H26O3. The Balaban J connectivity index is 2.14. The molecule has 0 aliphatic heterocycles. The summed E-state index contributed by atoms with van der Waals surface area (Å²) in [5, 5.41) is 19.0. The van der Waals surface area contributed by atoms with Crippen LogP contribution in [0.1, 0.15) is 23.1 Å². The first-order valence-electron chi connectivity index (χ1n) is 9.33. The fraction of sp³-hybridized carbons (Fsp3) is 0.250. The first-order chi connectivity index (χ1) is 13.3. The predicted octanol–water partition coefficient (Wildman–Crippen LogP) is 3.99. The molecule has 3 nitrogen and oxygen atoms in total. The first-order valence-corrected chi connectivity index (χ1v) is 9.33. The fourth-order valence-corrected chi connectivity index (χ4v) is 3.42. The summed E-state index contributed by atoms with van der Waals surface area (Å²) in [7, 11) is 0. The van der Waals surface area contributed by atoms with Gasteiger partial charge >= 0.3 is 0 Å². The van der Waals surface area contributed by atoms with Crippen LogP contribution in [0.25, 0.3) is 0 Å². The summed E-state index contributed by atoms with van der Waals surface area (Å²) in [6.45, 7) is 0.356. The summed E-state index contributed by atoms with van der Waals surface area (Å²) < 4.78 is 6.62. The van der Waals surface area contributed by atoms with Crippen LogP contribution in [-0.2, 0) is 10.3 Å². The van der Waals surface area contributed by atoms with Crippen LogP contribution < -0.4 is 0 Å². The number of ether oxygens (including phenoxy) is 1. The molecule has 0 aliphatic carbocycles. The molecule has 3 rings (SSSR count). The van der Waals surface area contributed by atoms with Crippen LogP contribution in [0.3, 0.4) is 0 Å². The molecule has 2 N–H and O–H groups in total. The molecule has 0 aromatic heterocycles. The van der Waals surface area contributed by atoms with Crippen LogP contribution in [0.15, 0.2) is 91.0 Å². The van der Waals surface area contributed by atoms with Gasteiger partial charge in [0.1, 0.15) is 5.60 Å². The maximum absolute atomic E-state index is 9.67. The highest BCUT2D eigenvalue weighted by Crippen LogP contribution is 2.40. The van der Waals surface area contributed by atoms with Gasteiger partial charge in [0.25, 0.3) is 0 Å². The lowest BCUT2D eigenvalue weighted by Gasteiger charge is -2.37. The standard InChI is InChI=1S/C24H26O3/c25-17-16-20(18-26)19-27-24(21-10-4-1-5-11-21,22-12-6-2-7-13-22)23-14-8-3-9-15-23/h1-15,20,25-26H,16-19H2. The molecule has 0 saturated carbocycles. The van der Waals surface area contributed by atoms with Gasteiger partial charge in [0.15, 0.2) is 0 Å². The molecule has 0 heterocycles. The molecule has 27 heavy (non-hydrogen) atoms. The molecular weight excluding hydrogens is 336 g/mol. The van der Waals surface area contributed by atoms with Crippen LogP contribution >= 0.6 is 0 Å². The van der Waals surface area contributed by atoms with E-state index in [0.717, 1.165) is 16.7 Å². The Morgan fingerprint density at radius 1 is 0.667 bits per heavy atom. The Bertz CT molecular complexity index is 691. The number of aliphatic hydroxyl groups is 2. The summed E-state index contributed by atoms with van der Waals surface area (Å²) >= 11 is 0. The van der Waals surface area contributed by atoms with Crippen molar-refractivity contribution in [3.8, 4) is 0 Å². The van der Waals surface area contributed by atoms with Crippen LogP contribution in [0.5, 0.6) is 0 Å². The Labute approximate surface area is 160 Å². The minimum Gasteiger partial charge on any atom is -0.396 e. The average molecular weight is 362 g/mol. The topological polar surface area (TPSA) is 49.7 Å². The van der Waals surface area contributed by atoms with E-state index in [1.807, 2.05) is 54.6 Å². The van der Waals surface area contributed by atoms with E-state index in [0.29, 0.717) is 13.0 Å². The van der Waals surface area contributed by atoms with Gasteiger partial charge in [0, 0.05) is 19.1 Å². The minimum absolute atomic E-state index is 0.0188. The van der Waals surface area contributed by atoms with E-state index in [1.54, 1.807) is 0 Å². The summed E-state index contributed by atoms with van der Waals surface area (Å²) in [5.74, 6) is -0.120. The van der Waals surface area contributed by atoms with Gasteiger partial charge in [0.05, 0.1) is 6.61 Å². The first kappa shape index (κ1) is 19.3. The summed E-state index contributed by atoms with van der Waals surface area (Å²) in [5.41, 5.74) is 2.31. The number of rotatable bonds is 9. The molecule has 1 unspecified atom stereocenters. The van der Waals surface area contributed by atoms with Gasteiger partial charge in [-0.3, -0.25) is 0 Å². The van der Waals surface area contributed by atoms with E-state index >= 15 is 0 Å². The SMILES string of the molecule is OCCC(CO)COC(c1ccccc1)(c1ccccc1)c1ccccc1. The van der Waals surface area contributed by atoms with Crippen molar-refractivity contribution >= 4 is 0 Å². The van der Waals surface area contributed by atoms with Gasteiger partial charge in [-0.2, -0.15) is 0 Å². The maximum Gasteiger partial charge on any atom is 0.143 e. The van der Waals surface area contributed by atoms with Crippen LogP contribution in [0.2, 0.25) is 0 Å².